The standard InChI is InChI=1S/C22H28N2O4S2/c1-28-19-7-6-18-16-24(12-8-17(18)15-19)30(26,27)14-11-23-21(25)22(9-2-3-10-22)20-5-4-13-29-20/h4-7,13,15H,2-3,8-12,14,16H2,1H3,(H,23,25). The molecular weight excluding hydrogens is 420 g/mol. The van der Waals surface area contributed by atoms with Gasteiger partial charge in [-0.3, -0.25) is 4.79 Å². The molecule has 1 aromatic carbocycles. The highest BCUT2D eigenvalue weighted by Gasteiger charge is 2.43. The number of sulfonamides is 1. The zero-order valence-electron chi connectivity index (χ0n) is 17.2. The topological polar surface area (TPSA) is 75.7 Å². The maximum atomic E-state index is 13.0. The average Bonchev–Trinajstić information content (AvgIpc) is 3.45. The summed E-state index contributed by atoms with van der Waals surface area (Å²) in [7, 11) is -1.82. The van der Waals surface area contributed by atoms with Crippen LogP contribution in [0, 0.1) is 0 Å². The maximum Gasteiger partial charge on any atom is 0.231 e. The zero-order valence-corrected chi connectivity index (χ0v) is 18.9. The van der Waals surface area contributed by atoms with Crippen molar-refractivity contribution < 1.29 is 17.9 Å². The second-order valence-electron chi connectivity index (χ2n) is 8.06. The molecule has 30 heavy (non-hydrogen) atoms. The second-order valence-corrected chi connectivity index (χ2v) is 11.1. The van der Waals surface area contributed by atoms with Gasteiger partial charge in [-0.25, -0.2) is 8.42 Å². The Morgan fingerprint density at radius 3 is 2.73 bits per heavy atom. The van der Waals surface area contributed by atoms with Gasteiger partial charge in [-0.2, -0.15) is 4.31 Å². The van der Waals surface area contributed by atoms with Crippen LogP contribution in [-0.4, -0.2) is 44.6 Å². The summed E-state index contributed by atoms with van der Waals surface area (Å²) in [4.78, 5) is 14.1. The van der Waals surface area contributed by atoms with Crippen LogP contribution in [0.5, 0.6) is 5.75 Å². The van der Waals surface area contributed by atoms with Gasteiger partial charge in [0.1, 0.15) is 5.75 Å². The minimum Gasteiger partial charge on any atom is -0.497 e. The van der Waals surface area contributed by atoms with Crippen LogP contribution in [0.25, 0.3) is 0 Å². The molecule has 0 radical (unpaired) electrons. The number of nitrogens with zero attached hydrogens (tertiary/aromatic N) is 1. The van der Waals surface area contributed by atoms with Crippen molar-refractivity contribution in [2.24, 2.45) is 0 Å². The Hall–Kier alpha value is -1.90. The number of ether oxygens (including phenoxy) is 1. The number of thiophene rings is 1. The summed E-state index contributed by atoms with van der Waals surface area (Å²) < 4.78 is 32.5. The van der Waals surface area contributed by atoms with Crippen LogP contribution in [0.1, 0.15) is 41.7 Å². The molecule has 2 aliphatic rings. The zero-order chi connectivity index (χ0) is 21.2. The molecule has 0 atom stereocenters. The third kappa shape index (κ3) is 4.13. The minimum absolute atomic E-state index is 0.0336. The minimum atomic E-state index is -3.44. The molecule has 1 N–H and O–H groups in total. The first kappa shape index (κ1) is 21.3. The molecular formula is C22H28N2O4S2. The lowest BCUT2D eigenvalue weighted by atomic mass is 9.83. The van der Waals surface area contributed by atoms with E-state index in [1.54, 1.807) is 18.4 Å². The Bertz CT molecular complexity index is 996. The van der Waals surface area contributed by atoms with Crippen molar-refractivity contribution >= 4 is 27.3 Å². The molecule has 1 fully saturated rings. The molecule has 1 saturated carbocycles. The van der Waals surface area contributed by atoms with Crippen LogP contribution >= 0.6 is 11.3 Å². The number of fused-ring (bicyclic) bond motifs is 1. The summed E-state index contributed by atoms with van der Waals surface area (Å²) >= 11 is 1.61. The lowest BCUT2D eigenvalue weighted by Crippen LogP contribution is -2.45. The van der Waals surface area contributed by atoms with Gasteiger partial charge in [0.2, 0.25) is 15.9 Å². The first-order valence-electron chi connectivity index (χ1n) is 10.4. The number of benzene rings is 1. The average molecular weight is 449 g/mol. The molecule has 1 aliphatic heterocycles. The quantitative estimate of drug-likeness (QED) is 0.706. The molecule has 1 aliphatic carbocycles. The maximum absolute atomic E-state index is 13.0. The highest BCUT2D eigenvalue weighted by molar-refractivity contribution is 7.89. The molecule has 0 unspecified atom stereocenters. The lowest BCUT2D eigenvalue weighted by Gasteiger charge is -2.29. The number of methoxy groups -OCH3 is 1. The van der Waals surface area contributed by atoms with Gasteiger partial charge in [0.25, 0.3) is 0 Å². The monoisotopic (exact) mass is 448 g/mol. The van der Waals surface area contributed by atoms with Gasteiger partial charge < -0.3 is 10.1 Å². The van der Waals surface area contributed by atoms with Crippen LogP contribution in [0.15, 0.2) is 35.7 Å². The number of hydrogen-bond acceptors (Lipinski definition) is 5. The van der Waals surface area contributed by atoms with E-state index in [1.807, 2.05) is 35.7 Å². The Morgan fingerprint density at radius 2 is 2.03 bits per heavy atom. The molecule has 0 saturated heterocycles. The number of carbonyl (C=O) groups is 1. The van der Waals surface area contributed by atoms with Gasteiger partial charge in [0, 0.05) is 24.5 Å². The predicted molar refractivity (Wildman–Crippen MR) is 118 cm³/mol. The van der Waals surface area contributed by atoms with Gasteiger partial charge in [-0.15, -0.1) is 11.3 Å². The molecule has 2 heterocycles. The summed E-state index contributed by atoms with van der Waals surface area (Å²) in [5, 5.41) is 4.93. The van der Waals surface area contributed by atoms with Crippen molar-refractivity contribution in [2.45, 2.75) is 44.1 Å². The largest absolute Gasteiger partial charge is 0.497 e. The lowest BCUT2D eigenvalue weighted by molar-refractivity contribution is -0.126. The number of carbonyl (C=O) groups excluding carboxylic acids is 1. The molecule has 2 aromatic rings. The summed E-state index contributed by atoms with van der Waals surface area (Å²) in [5.41, 5.74) is 1.66. The van der Waals surface area contributed by atoms with Gasteiger partial charge in [-0.1, -0.05) is 25.0 Å². The first-order valence-corrected chi connectivity index (χ1v) is 12.9. The van der Waals surface area contributed by atoms with Crippen molar-refractivity contribution in [1.82, 2.24) is 9.62 Å². The summed E-state index contributed by atoms with van der Waals surface area (Å²) in [6.07, 6.45) is 4.39. The highest BCUT2D eigenvalue weighted by atomic mass is 32.2. The van der Waals surface area contributed by atoms with Crippen molar-refractivity contribution in [3.8, 4) is 5.75 Å². The fourth-order valence-electron chi connectivity index (χ4n) is 4.57. The van der Waals surface area contributed by atoms with E-state index in [2.05, 4.69) is 5.32 Å². The number of rotatable bonds is 7. The van der Waals surface area contributed by atoms with Gasteiger partial charge in [-0.05, 0) is 54.0 Å². The third-order valence-electron chi connectivity index (χ3n) is 6.31. The molecule has 8 heteroatoms. The van der Waals surface area contributed by atoms with Crippen LogP contribution in [-0.2, 0) is 33.2 Å². The summed E-state index contributed by atoms with van der Waals surface area (Å²) in [5.74, 6) is 0.679. The Kier molecular flexibility index (Phi) is 6.18. The van der Waals surface area contributed by atoms with Crippen molar-refractivity contribution in [1.29, 1.82) is 0 Å². The van der Waals surface area contributed by atoms with Gasteiger partial charge >= 0.3 is 0 Å². The molecule has 1 amide bonds. The van der Waals surface area contributed by atoms with E-state index in [0.717, 1.165) is 47.4 Å². The summed E-state index contributed by atoms with van der Waals surface area (Å²) in [6.45, 7) is 0.963. The van der Waals surface area contributed by atoms with E-state index in [9.17, 15) is 13.2 Å². The van der Waals surface area contributed by atoms with Crippen LogP contribution < -0.4 is 10.1 Å². The Balaban J connectivity index is 1.37. The highest BCUT2D eigenvalue weighted by Crippen LogP contribution is 2.43. The molecule has 0 bridgehead atoms. The smallest absolute Gasteiger partial charge is 0.231 e. The summed E-state index contributed by atoms with van der Waals surface area (Å²) in [6, 6.07) is 9.77. The number of hydrogen-bond donors (Lipinski definition) is 1. The molecule has 0 spiro atoms. The Labute approximate surface area is 182 Å². The van der Waals surface area contributed by atoms with Crippen molar-refractivity contribution in [3.63, 3.8) is 0 Å². The van der Waals surface area contributed by atoms with Gasteiger partial charge in [0.15, 0.2) is 0 Å². The third-order valence-corrected chi connectivity index (χ3v) is 9.21. The van der Waals surface area contributed by atoms with E-state index < -0.39 is 15.4 Å². The Morgan fingerprint density at radius 1 is 1.23 bits per heavy atom. The SMILES string of the molecule is COc1ccc2c(c1)CCN(S(=O)(=O)CCNC(=O)C1(c3cccs3)CCCC1)C2. The van der Waals surface area contributed by atoms with E-state index in [0.29, 0.717) is 19.5 Å². The molecule has 1 aromatic heterocycles. The molecule has 4 rings (SSSR count). The van der Waals surface area contributed by atoms with E-state index in [-0.39, 0.29) is 18.2 Å². The second kappa shape index (κ2) is 8.69. The van der Waals surface area contributed by atoms with Crippen LogP contribution in [0.2, 0.25) is 0 Å². The van der Waals surface area contributed by atoms with E-state index in [1.165, 1.54) is 4.31 Å². The molecule has 162 valence electrons. The van der Waals surface area contributed by atoms with E-state index in [4.69, 9.17) is 4.74 Å². The van der Waals surface area contributed by atoms with Gasteiger partial charge in [0.05, 0.1) is 18.3 Å². The number of amides is 1. The van der Waals surface area contributed by atoms with Crippen LogP contribution in [0.4, 0.5) is 0 Å². The van der Waals surface area contributed by atoms with Crippen molar-refractivity contribution in [3.05, 3.63) is 51.7 Å². The first-order chi connectivity index (χ1) is 14.4. The van der Waals surface area contributed by atoms with E-state index >= 15 is 0 Å². The predicted octanol–water partition coefficient (Wildman–Crippen LogP) is 3.07. The fourth-order valence-corrected chi connectivity index (χ4v) is 6.88. The fraction of sp³-hybridized carbons (Fsp3) is 0.500. The number of nitrogens with one attached hydrogen (secondary N) is 1. The molecule has 6 nitrogen and oxygen atoms in total. The van der Waals surface area contributed by atoms with Crippen molar-refractivity contribution in [2.75, 3.05) is 26.0 Å². The van der Waals surface area contributed by atoms with Crippen LogP contribution in [0.3, 0.4) is 0 Å². The normalized spacial score (nSPS) is 18.7.